The van der Waals surface area contributed by atoms with Crippen molar-refractivity contribution in [3.63, 3.8) is 0 Å². The van der Waals surface area contributed by atoms with Crippen molar-refractivity contribution in [1.29, 1.82) is 0 Å². The summed E-state index contributed by atoms with van der Waals surface area (Å²) in [6, 6.07) is 0.688. The molecule has 0 bridgehead atoms. The molecule has 1 unspecified atom stereocenters. The summed E-state index contributed by atoms with van der Waals surface area (Å²) >= 11 is 0. The van der Waals surface area contributed by atoms with Crippen molar-refractivity contribution in [3.05, 3.63) is 0 Å². The van der Waals surface area contributed by atoms with Crippen LogP contribution in [0.4, 0.5) is 0 Å². The van der Waals surface area contributed by atoms with Gasteiger partial charge in [0, 0.05) is 19.0 Å². The zero-order chi connectivity index (χ0) is 7.40. The molecule has 1 fully saturated rings. The van der Waals surface area contributed by atoms with Crippen molar-refractivity contribution in [2.45, 2.75) is 32.2 Å². The third-order valence-electron chi connectivity index (χ3n) is 2.06. The second kappa shape index (κ2) is 3.63. The van der Waals surface area contributed by atoms with Crippen molar-refractivity contribution in [2.75, 3.05) is 6.54 Å². The number of rotatable bonds is 4. The molecule has 0 aromatic heterocycles. The molecule has 1 N–H and O–H groups in total. The van der Waals surface area contributed by atoms with Gasteiger partial charge < -0.3 is 5.32 Å². The first-order chi connectivity index (χ1) is 4.84. The summed E-state index contributed by atoms with van der Waals surface area (Å²) in [5.74, 6) is 3.56. The smallest absolute Gasteiger partial charge is 0.0211 e. The highest BCUT2D eigenvalue weighted by molar-refractivity contribution is 4.87. The maximum atomic E-state index is 5.12. The fourth-order valence-corrected chi connectivity index (χ4v) is 1.13. The lowest BCUT2D eigenvalue weighted by molar-refractivity contribution is 0.504. The Bertz CT molecular complexity index is 130. The van der Waals surface area contributed by atoms with Crippen LogP contribution in [-0.2, 0) is 0 Å². The van der Waals surface area contributed by atoms with E-state index >= 15 is 0 Å². The average Bonchev–Trinajstić information content (AvgIpc) is 2.69. The number of nitrogens with one attached hydrogen (secondary N) is 1. The summed E-state index contributed by atoms with van der Waals surface area (Å²) in [5, 5.41) is 3.40. The van der Waals surface area contributed by atoms with Gasteiger partial charge in [-0.3, -0.25) is 0 Å². The third kappa shape index (κ3) is 2.41. The molecule has 1 aliphatic rings. The molecule has 0 aliphatic heterocycles. The minimum Gasteiger partial charge on any atom is -0.313 e. The van der Waals surface area contributed by atoms with E-state index in [2.05, 4.69) is 18.2 Å². The zero-order valence-electron chi connectivity index (χ0n) is 6.56. The minimum absolute atomic E-state index is 0.688. The quantitative estimate of drug-likeness (QED) is 0.456. The monoisotopic (exact) mass is 137 g/mol. The van der Waals surface area contributed by atoms with Crippen LogP contribution in [0.1, 0.15) is 26.2 Å². The lowest BCUT2D eigenvalue weighted by Gasteiger charge is -2.10. The molecule has 0 heterocycles. The Morgan fingerprint density at radius 2 is 2.40 bits per heavy atom. The Balaban J connectivity index is 1.96. The molecule has 0 radical (unpaired) electrons. The Morgan fingerprint density at radius 1 is 1.70 bits per heavy atom. The first-order valence-electron chi connectivity index (χ1n) is 4.01. The molecule has 1 heteroatoms. The maximum absolute atomic E-state index is 5.12. The Labute approximate surface area is 63.2 Å². The third-order valence-corrected chi connectivity index (χ3v) is 2.06. The highest BCUT2D eigenvalue weighted by Gasteiger charge is 2.26. The van der Waals surface area contributed by atoms with E-state index in [4.69, 9.17) is 6.42 Å². The van der Waals surface area contributed by atoms with Crippen LogP contribution in [0.3, 0.4) is 0 Å². The van der Waals surface area contributed by atoms with Gasteiger partial charge in [0.25, 0.3) is 0 Å². The molecule has 1 atom stereocenters. The van der Waals surface area contributed by atoms with Crippen molar-refractivity contribution in [3.8, 4) is 12.3 Å². The molecule has 0 spiro atoms. The molecule has 0 amide bonds. The first-order valence-corrected chi connectivity index (χ1v) is 4.01. The molecule has 1 aliphatic carbocycles. The second-order valence-electron chi connectivity index (χ2n) is 3.03. The normalized spacial score (nSPS) is 20.0. The topological polar surface area (TPSA) is 12.0 Å². The molecule has 0 aromatic rings. The van der Waals surface area contributed by atoms with Crippen LogP contribution in [0.5, 0.6) is 0 Å². The molecule has 0 saturated heterocycles. The Hall–Kier alpha value is -0.480. The zero-order valence-corrected chi connectivity index (χ0v) is 6.56. The predicted molar refractivity (Wildman–Crippen MR) is 43.6 cm³/mol. The van der Waals surface area contributed by atoms with Gasteiger partial charge in [0.2, 0.25) is 0 Å². The van der Waals surface area contributed by atoms with Gasteiger partial charge in [-0.2, -0.15) is 0 Å². The van der Waals surface area contributed by atoms with E-state index in [0.717, 1.165) is 18.9 Å². The fourth-order valence-electron chi connectivity index (χ4n) is 1.13. The van der Waals surface area contributed by atoms with Crippen molar-refractivity contribution in [2.24, 2.45) is 5.92 Å². The van der Waals surface area contributed by atoms with Gasteiger partial charge in [-0.1, -0.05) is 0 Å². The maximum Gasteiger partial charge on any atom is 0.0211 e. The van der Waals surface area contributed by atoms with E-state index in [-0.39, 0.29) is 0 Å². The van der Waals surface area contributed by atoms with E-state index in [1.807, 2.05) is 0 Å². The summed E-state index contributed by atoms with van der Waals surface area (Å²) in [6.45, 7) is 3.22. The largest absolute Gasteiger partial charge is 0.313 e. The second-order valence-corrected chi connectivity index (χ2v) is 3.03. The summed E-state index contributed by atoms with van der Waals surface area (Å²) < 4.78 is 0. The van der Waals surface area contributed by atoms with Crippen molar-refractivity contribution in [1.82, 2.24) is 5.32 Å². The van der Waals surface area contributed by atoms with Crippen LogP contribution in [0, 0.1) is 18.3 Å². The Morgan fingerprint density at radius 3 is 2.90 bits per heavy atom. The van der Waals surface area contributed by atoms with Crippen LogP contribution in [-0.4, -0.2) is 12.6 Å². The van der Waals surface area contributed by atoms with Gasteiger partial charge >= 0.3 is 0 Å². The molecule has 10 heavy (non-hydrogen) atoms. The lowest BCUT2D eigenvalue weighted by atomic mass is 10.2. The summed E-state index contributed by atoms with van der Waals surface area (Å²) in [6.07, 6.45) is 8.79. The number of hydrogen-bond donors (Lipinski definition) is 1. The molecule has 1 nitrogen and oxygen atoms in total. The fraction of sp³-hybridized carbons (Fsp3) is 0.778. The highest BCUT2D eigenvalue weighted by Crippen LogP contribution is 2.32. The lowest BCUT2D eigenvalue weighted by Crippen LogP contribution is -2.28. The van der Waals surface area contributed by atoms with E-state index < -0.39 is 0 Å². The SMILES string of the molecule is C#CCCNC(C)C1CC1. The van der Waals surface area contributed by atoms with Gasteiger partial charge in [0.15, 0.2) is 0 Å². The average molecular weight is 137 g/mol. The van der Waals surface area contributed by atoms with Crippen LogP contribution in [0.15, 0.2) is 0 Å². The van der Waals surface area contributed by atoms with Crippen LogP contribution in [0.25, 0.3) is 0 Å². The van der Waals surface area contributed by atoms with Gasteiger partial charge in [-0.15, -0.1) is 12.3 Å². The van der Waals surface area contributed by atoms with Crippen molar-refractivity contribution >= 4 is 0 Å². The van der Waals surface area contributed by atoms with Gasteiger partial charge in [0.1, 0.15) is 0 Å². The Kier molecular flexibility index (Phi) is 2.77. The minimum atomic E-state index is 0.688. The number of hydrogen-bond acceptors (Lipinski definition) is 1. The van der Waals surface area contributed by atoms with Crippen LogP contribution < -0.4 is 5.32 Å². The first kappa shape index (κ1) is 7.63. The molecular formula is C9H15N. The molecule has 56 valence electrons. The summed E-state index contributed by atoms with van der Waals surface area (Å²) in [7, 11) is 0. The number of terminal acetylenes is 1. The van der Waals surface area contributed by atoms with Crippen LogP contribution >= 0.6 is 0 Å². The molecule has 1 rings (SSSR count). The van der Waals surface area contributed by atoms with Crippen LogP contribution in [0.2, 0.25) is 0 Å². The standard InChI is InChI=1S/C9H15N/c1-3-4-7-10-8(2)9-5-6-9/h1,8-10H,4-7H2,2H3. The summed E-state index contributed by atoms with van der Waals surface area (Å²) in [4.78, 5) is 0. The summed E-state index contributed by atoms with van der Waals surface area (Å²) in [5.41, 5.74) is 0. The van der Waals surface area contributed by atoms with Crippen molar-refractivity contribution < 1.29 is 0 Å². The van der Waals surface area contributed by atoms with Gasteiger partial charge in [-0.05, 0) is 25.7 Å². The van der Waals surface area contributed by atoms with E-state index in [1.165, 1.54) is 12.8 Å². The molecular weight excluding hydrogens is 122 g/mol. The van der Waals surface area contributed by atoms with E-state index in [1.54, 1.807) is 0 Å². The van der Waals surface area contributed by atoms with E-state index in [9.17, 15) is 0 Å². The molecule has 0 aromatic carbocycles. The predicted octanol–water partition coefficient (Wildman–Crippen LogP) is 1.40. The molecule has 1 saturated carbocycles. The highest BCUT2D eigenvalue weighted by atomic mass is 14.9. The van der Waals surface area contributed by atoms with Gasteiger partial charge in [-0.25, -0.2) is 0 Å². The van der Waals surface area contributed by atoms with Gasteiger partial charge in [0.05, 0.1) is 0 Å². The van der Waals surface area contributed by atoms with E-state index in [0.29, 0.717) is 6.04 Å².